The second-order valence-corrected chi connectivity index (χ2v) is 7.60. The third kappa shape index (κ3) is 5.97. The summed E-state index contributed by atoms with van der Waals surface area (Å²) in [4.78, 5) is 11.2. The zero-order valence-electron chi connectivity index (χ0n) is 17.3. The van der Waals surface area contributed by atoms with Crippen LogP contribution in [0.5, 0.6) is 0 Å². The van der Waals surface area contributed by atoms with Crippen LogP contribution in [0, 0.1) is 37.5 Å². The van der Waals surface area contributed by atoms with Gasteiger partial charge in [-0.25, -0.2) is 0 Å². The minimum atomic E-state index is -1.72. The van der Waals surface area contributed by atoms with Crippen molar-refractivity contribution in [3.8, 4) is 23.7 Å². The van der Waals surface area contributed by atoms with Crippen molar-refractivity contribution in [2.45, 2.75) is 19.4 Å². The normalized spacial score (nSPS) is 12.6. The van der Waals surface area contributed by atoms with E-state index in [9.17, 15) is 9.90 Å². The van der Waals surface area contributed by atoms with Gasteiger partial charge in [0.1, 0.15) is 6.29 Å². The third-order valence-corrected chi connectivity index (χ3v) is 4.93. The van der Waals surface area contributed by atoms with Crippen molar-refractivity contribution in [1.29, 1.82) is 0 Å². The van der Waals surface area contributed by atoms with Crippen LogP contribution in [0.1, 0.15) is 27.8 Å². The second kappa shape index (κ2) is 9.96. The fourth-order valence-electron chi connectivity index (χ4n) is 2.84. The largest absolute Gasteiger partial charge is 0.363 e. The van der Waals surface area contributed by atoms with Gasteiger partial charge in [-0.05, 0) is 61.6 Å². The molecule has 1 N–H and O–H groups in total. The summed E-state index contributed by atoms with van der Waals surface area (Å²) in [6.07, 6.45) is 2.03. The lowest BCUT2D eigenvalue weighted by Gasteiger charge is -2.16. The van der Waals surface area contributed by atoms with Gasteiger partial charge < -0.3 is 5.11 Å². The maximum Gasteiger partial charge on any atom is 0.214 e. The zero-order chi connectivity index (χ0) is 22.3. The van der Waals surface area contributed by atoms with Crippen LogP contribution in [0.4, 0.5) is 0 Å². The van der Waals surface area contributed by atoms with E-state index in [1.165, 1.54) is 6.08 Å². The van der Waals surface area contributed by atoms with Crippen molar-refractivity contribution >= 4 is 23.5 Å². The predicted molar refractivity (Wildman–Crippen MR) is 126 cm³/mol. The summed E-state index contributed by atoms with van der Waals surface area (Å²) in [5.41, 5.74) is 3.01. The molecule has 0 aliphatic rings. The number of aldehydes is 1. The highest BCUT2D eigenvalue weighted by atomic mass is 35.5. The summed E-state index contributed by atoms with van der Waals surface area (Å²) in [5.74, 6) is 11.8. The Morgan fingerprint density at radius 3 is 2.03 bits per heavy atom. The Bertz CT molecular complexity index is 1210. The smallest absolute Gasteiger partial charge is 0.214 e. The Labute approximate surface area is 188 Å². The van der Waals surface area contributed by atoms with E-state index < -0.39 is 5.60 Å². The van der Waals surface area contributed by atoms with E-state index in [-0.39, 0.29) is 0 Å². The van der Waals surface area contributed by atoms with Crippen LogP contribution in [0.3, 0.4) is 0 Å². The molecule has 0 fully saturated rings. The Morgan fingerprint density at radius 2 is 1.45 bits per heavy atom. The van der Waals surface area contributed by atoms with Crippen molar-refractivity contribution in [2.75, 3.05) is 0 Å². The van der Waals surface area contributed by atoms with Crippen molar-refractivity contribution in [3.05, 3.63) is 112 Å². The van der Waals surface area contributed by atoms with Crippen LogP contribution in [0.15, 0.2) is 78.9 Å². The molecule has 3 heteroatoms. The first kappa shape index (κ1) is 22.1. The van der Waals surface area contributed by atoms with Gasteiger partial charge in [0.2, 0.25) is 5.60 Å². The third-order valence-electron chi connectivity index (χ3n) is 4.68. The Hall–Kier alpha value is -3.56. The fraction of sp³-hybridized carbons (Fsp3) is 0.107. The van der Waals surface area contributed by atoms with Crippen LogP contribution in [0.25, 0.3) is 5.57 Å². The molecule has 0 saturated heterocycles. The topological polar surface area (TPSA) is 37.3 Å². The average Bonchev–Trinajstić information content (AvgIpc) is 2.77. The van der Waals surface area contributed by atoms with E-state index in [2.05, 4.69) is 23.7 Å². The number of aryl methyl sites for hydroxylation is 2. The zero-order valence-corrected chi connectivity index (χ0v) is 18.1. The highest BCUT2D eigenvalue weighted by molar-refractivity contribution is 6.30. The van der Waals surface area contributed by atoms with Gasteiger partial charge in [0.25, 0.3) is 0 Å². The lowest BCUT2D eigenvalue weighted by molar-refractivity contribution is -0.104. The molecule has 2 nitrogen and oxygen atoms in total. The number of halogens is 1. The molecule has 1 atom stereocenters. The first-order valence-corrected chi connectivity index (χ1v) is 10.1. The minimum Gasteiger partial charge on any atom is -0.363 e. The Morgan fingerprint density at radius 1 is 0.871 bits per heavy atom. The molecule has 3 rings (SSSR count). The van der Waals surface area contributed by atoms with Gasteiger partial charge in [-0.15, -0.1) is 0 Å². The number of allylic oxidation sites excluding steroid dienone is 2. The lowest BCUT2D eigenvalue weighted by Crippen LogP contribution is -2.21. The number of hydrogen-bond acceptors (Lipinski definition) is 2. The van der Waals surface area contributed by atoms with Gasteiger partial charge >= 0.3 is 0 Å². The van der Waals surface area contributed by atoms with Crippen molar-refractivity contribution in [1.82, 2.24) is 0 Å². The molecule has 0 amide bonds. The van der Waals surface area contributed by atoms with Gasteiger partial charge in [-0.3, -0.25) is 4.79 Å². The van der Waals surface area contributed by atoms with Crippen molar-refractivity contribution in [3.63, 3.8) is 0 Å². The molecule has 152 valence electrons. The van der Waals surface area contributed by atoms with Crippen LogP contribution in [0.2, 0.25) is 5.02 Å². The molecular weight excluding hydrogens is 404 g/mol. The molecule has 0 radical (unpaired) electrons. The van der Waals surface area contributed by atoms with Crippen molar-refractivity contribution in [2.24, 2.45) is 0 Å². The minimum absolute atomic E-state index is 0.467. The number of hydrogen-bond donors (Lipinski definition) is 1. The number of carbonyl (C=O) groups excluding carboxylic acids is 1. The summed E-state index contributed by atoms with van der Waals surface area (Å²) < 4.78 is 0. The van der Waals surface area contributed by atoms with Crippen LogP contribution >= 0.6 is 11.6 Å². The molecule has 0 aliphatic heterocycles. The van der Waals surface area contributed by atoms with Crippen LogP contribution < -0.4 is 0 Å². The van der Waals surface area contributed by atoms with Gasteiger partial charge in [0.05, 0.1) is 0 Å². The molecule has 3 aromatic carbocycles. The average molecular weight is 425 g/mol. The molecule has 0 bridgehead atoms. The molecule has 0 saturated carbocycles. The first-order chi connectivity index (χ1) is 14.9. The van der Waals surface area contributed by atoms with E-state index in [0.29, 0.717) is 22.4 Å². The van der Waals surface area contributed by atoms with E-state index in [1.54, 1.807) is 36.4 Å². The monoisotopic (exact) mass is 424 g/mol. The van der Waals surface area contributed by atoms with Crippen LogP contribution in [-0.2, 0) is 10.4 Å². The first-order valence-electron chi connectivity index (χ1n) is 9.73. The molecule has 0 aromatic heterocycles. The number of benzene rings is 3. The molecule has 1 unspecified atom stereocenters. The standard InChI is InChI=1S/C28H21ClO2/c1-21-3-7-23(8-4-21)15-18-28(31,26-11-5-22(2)6-12-26)19-16-25(17-20-30)24-9-13-27(29)14-10-24/h3-14,17,20,31H,1-2H3/b25-17+. The second-order valence-electron chi connectivity index (χ2n) is 7.17. The molecule has 0 heterocycles. The fourth-order valence-corrected chi connectivity index (χ4v) is 2.96. The molecule has 0 spiro atoms. The summed E-state index contributed by atoms with van der Waals surface area (Å²) in [6.45, 7) is 3.97. The Balaban J connectivity index is 2.07. The SMILES string of the molecule is Cc1ccc(C#CC(O)(C#C/C(=C\C=O)c2ccc(Cl)cc2)c2ccc(C)cc2)cc1. The van der Waals surface area contributed by atoms with E-state index in [1.807, 2.05) is 50.2 Å². The van der Waals surface area contributed by atoms with Crippen molar-refractivity contribution < 1.29 is 9.90 Å². The number of aliphatic hydroxyl groups is 1. The summed E-state index contributed by atoms with van der Waals surface area (Å²) in [7, 11) is 0. The van der Waals surface area contributed by atoms with Gasteiger partial charge in [0, 0.05) is 21.7 Å². The van der Waals surface area contributed by atoms with E-state index >= 15 is 0 Å². The van der Waals surface area contributed by atoms with Gasteiger partial charge in [-0.1, -0.05) is 83.1 Å². The summed E-state index contributed by atoms with van der Waals surface area (Å²) in [6, 6.07) is 22.1. The quantitative estimate of drug-likeness (QED) is 0.343. The molecular formula is C28H21ClO2. The maximum absolute atomic E-state index is 11.4. The highest BCUT2D eigenvalue weighted by Crippen LogP contribution is 2.23. The van der Waals surface area contributed by atoms with Crippen LogP contribution in [-0.4, -0.2) is 11.4 Å². The maximum atomic E-state index is 11.4. The molecule has 0 aliphatic carbocycles. The molecule has 31 heavy (non-hydrogen) atoms. The summed E-state index contributed by atoms with van der Waals surface area (Å²) in [5, 5.41) is 12.0. The van der Waals surface area contributed by atoms with E-state index in [4.69, 9.17) is 11.6 Å². The Kier molecular flexibility index (Phi) is 7.11. The molecule has 3 aromatic rings. The van der Waals surface area contributed by atoms with E-state index in [0.717, 1.165) is 22.3 Å². The lowest BCUT2D eigenvalue weighted by atomic mass is 9.92. The highest BCUT2D eigenvalue weighted by Gasteiger charge is 2.24. The summed E-state index contributed by atoms with van der Waals surface area (Å²) >= 11 is 5.96. The van der Waals surface area contributed by atoms with Gasteiger partial charge in [0.15, 0.2) is 0 Å². The number of rotatable bonds is 3. The predicted octanol–water partition coefficient (Wildman–Crippen LogP) is 5.48. The number of carbonyl (C=O) groups is 1. The van der Waals surface area contributed by atoms with Gasteiger partial charge in [-0.2, -0.15) is 0 Å².